The molecule has 0 spiro atoms. The molecule has 0 aliphatic carbocycles. The molecule has 3 aliphatic heterocycles. The molecule has 0 radical (unpaired) electrons. The number of benzene rings is 1. The first-order valence-corrected chi connectivity index (χ1v) is 8.75. The van der Waals surface area contributed by atoms with E-state index in [1.54, 1.807) is 17.0 Å². The number of ether oxygens (including phenoxy) is 2. The van der Waals surface area contributed by atoms with Gasteiger partial charge >= 0.3 is 5.97 Å². The van der Waals surface area contributed by atoms with Gasteiger partial charge in [0.25, 0.3) is 0 Å². The van der Waals surface area contributed by atoms with Gasteiger partial charge in [-0.15, -0.1) is 6.58 Å². The highest BCUT2D eigenvalue weighted by atomic mass is 16.7. The first kappa shape index (κ1) is 16.9. The van der Waals surface area contributed by atoms with Crippen molar-refractivity contribution in [1.82, 2.24) is 9.80 Å². The lowest BCUT2D eigenvalue weighted by molar-refractivity contribution is -0.149. The van der Waals surface area contributed by atoms with E-state index in [1.807, 2.05) is 12.1 Å². The zero-order valence-electron chi connectivity index (χ0n) is 14.5. The number of hydrogen-bond donors (Lipinski definition) is 1. The number of carboxylic acids is 1. The number of aliphatic carboxylic acids is 1. The van der Waals surface area contributed by atoms with Crippen LogP contribution in [0.25, 0.3) is 0 Å². The maximum absolute atomic E-state index is 12.7. The monoisotopic (exact) mass is 358 g/mol. The molecular formula is C19H22N2O5. The Balaban J connectivity index is 1.45. The third-order valence-electron chi connectivity index (χ3n) is 5.64. The zero-order chi connectivity index (χ0) is 18.3. The first-order valence-electron chi connectivity index (χ1n) is 8.75. The first-order chi connectivity index (χ1) is 12.5. The van der Waals surface area contributed by atoms with Crippen LogP contribution in [0.15, 0.2) is 30.9 Å². The molecule has 1 amide bonds. The van der Waals surface area contributed by atoms with Crippen LogP contribution >= 0.6 is 0 Å². The van der Waals surface area contributed by atoms with Crippen molar-refractivity contribution in [3.63, 3.8) is 0 Å². The van der Waals surface area contributed by atoms with E-state index < -0.39 is 11.4 Å². The van der Waals surface area contributed by atoms with Crippen LogP contribution in [0.2, 0.25) is 0 Å². The lowest BCUT2D eigenvalue weighted by Crippen LogP contribution is -2.42. The predicted octanol–water partition coefficient (Wildman–Crippen LogP) is 0.989. The van der Waals surface area contributed by atoms with E-state index in [2.05, 4.69) is 11.5 Å². The van der Waals surface area contributed by atoms with E-state index in [-0.39, 0.29) is 31.6 Å². The SMILES string of the molecule is C=CCN1C[C@@H]2CN(C(=O)Cc3ccc4c(c3)OCO4)C[C@]2(C(=O)O)C1. The number of nitrogens with zero attached hydrogens (tertiary/aromatic N) is 2. The molecule has 7 nitrogen and oxygen atoms in total. The highest BCUT2D eigenvalue weighted by molar-refractivity contribution is 5.83. The Bertz CT molecular complexity index is 764. The van der Waals surface area contributed by atoms with Gasteiger partial charge in [0, 0.05) is 38.6 Å². The number of hydrogen-bond acceptors (Lipinski definition) is 5. The van der Waals surface area contributed by atoms with E-state index in [1.165, 1.54) is 0 Å². The van der Waals surface area contributed by atoms with Crippen molar-refractivity contribution in [3.05, 3.63) is 36.4 Å². The normalized spacial score (nSPS) is 26.8. The largest absolute Gasteiger partial charge is 0.481 e. The number of rotatable bonds is 5. The van der Waals surface area contributed by atoms with E-state index in [4.69, 9.17) is 9.47 Å². The third kappa shape index (κ3) is 2.72. The van der Waals surface area contributed by atoms with Crippen LogP contribution in [0.4, 0.5) is 0 Å². The van der Waals surface area contributed by atoms with Crippen LogP contribution < -0.4 is 9.47 Å². The molecule has 2 fully saturated rings. The van der Waals surface area contributed by atoms with E-state index in [0.29, 0.717) is 37.7 Å². The average molecular weight is 358 g/mol. The summed E-state index contributed by atoms with van der Waals surface area (Å²) in [5.41, 5.74) is -0.0259. The van der Waals surface area contributed by atoms with Crippen molar-refractivity contribution in [1.29, 1.82) is 0 Å². The number of carbonyl (C=O) groups excluding carboxylic acids is 1. The molecule has 138 valence electrons. The van der Waals surface area contributed by atoms with Gasteiger partial charge in [0.1, 0.15) is 5.41 Å². The molecule has 2 saturated heterocycles. The molecule has 0 aromatic heterocycles. The predicted molar refractivity (Wildman–Crippen MR) is 93.0 cm³/mol. The van der Waals surface area contributed by atoms with Crippen molar-refractivity contribution >= 4 is 11.9 Å². The molecular weight excluding hydrogens is 336 g/mol. The second kappa shape index (κ2) is 6.32. The van der Waals surface area contributed by atoms with Crippen molar-refractivity contribution in [3.8, 4) is 11.5 Å². The summed E-state index contributed by atoms with van der Waals surface area (Å²) in [6.07, 6.45) is 2.02. The summed E-state index contributed by atoms with van der Waals surface area (Å²) in [6, 6.07) is 5.46. The lowest BCUT2D eigenvalue weighted by Gasteiger charge is -2.25. The summed E-state index contributed by atoms with van der Waals surface area (Å²) in [4.78, 5) is 28.5. The number of likely N-dealkylation sites (tertiary alicyclic amines) is 2. The Kier molecular flexibility index (Phi) is 4.11. The molecule has 26 heavy (non-hydrogen) atoms. The van der Waals surface area contributed by atoms with Gasteiger partial charge < -0.3 is 19.5 Å². The Hall–Kier alpha value is -2.54. The fraction of sp³-hybridized carbons (Fsp3) is 0.474. The second-order valence-electron chi connectivity index (χ2n) is 7.28. The Morgan fingerprint density at radius 1 is 1.27 bits per heavy atom. The Labute approximate surface area is 151 Å². The fourth-order valence-corrected chi connectivity index (χ4v) is 4.32. The van der Waals surface area contributed by atoms with Gasteiger partial charge in [-0.25, -0.2) is 0 Å². The van der Waals surface area contributed by atoms with Crippen LogP contribution in [0.3, 0.4) is 0 Å². The van der Waals surface area contributed by atoms with Gasteiger partial charge in [-0.2, -0.15) is 0 Å². The van der Waals surface area contributed by atoms with Crippen LogP contribution in [0, 0.1) is 11.3 Å². The zero-order valence-corrected chi connectivity index (χ0v) is 14.5. The van der Waals surface area contributed by atoms with Gasteiger partial charge in [-0.3, -0.25) is 14.5 Å². The third-order valence-corrected chi connectivity index (χ3v) is 5.64. The molecule has 0 saturated carbocycles. The molecule has 3 heterocycles. The van der Waals surface area contributed by atoms with Gasteiger partial charge in [0.15, 0.2) is 11.5 Å². The molecule has 0 bridgehead atoms. The molecule has 1 aromatic carbocycles. The Morgan fingerprint density at radius 2 is 2.08 bits per heavy atom. The minimum atomic E-state index is -0.868. The summed E-state index contributed by atoms with van der Waals surface area (Å²) in [5, 5.41) is 9.83. The van der Waals surface area contributed by atoms with Crippen LogP contribution in [-0.4, -0.2) is 66.3 Å². The van der Waals surface area contributed by atoms with Crippen LogP contribution in [0.5, 0.6) is 11.5 Å². The molecule has 7 heteroatoms. The average Bonchev–Trinajstić information content (AvgIpc) is 3.26. The summed E-state index contributed by atoms with van der Waals surface area (Å²) in [5.74, 6) is 0.432. The highest BCUT2D eigenvalue weighted by Gasteiger charge is 2.58. The topological polar surface area (TPSA) is 79.3 Å². The van der Waals surface area contributed by atoms with E-state index in [9.17, 15) is 14.7 Å². The summed E-state index contributed by atoms with van der Waals surface area (Å²) < 4.78 is 10.6. The van der Waals surface area contributed by atoms with Gasteiger partial charge in [0.2, 0.25) is 12.7 Å². The minimum Gasteiger partial charge on any atom is -0.481 e. The summed E-state index contributed by atoms with van der Waals surface area (Å²) >= 11 is 0. The molecule has 4 rings (SSSR count). The molecule has 3 aliphatic rings. The Morgan fingerprint density at radius 3 is 2.81 bits per heavy atom. The number of fused-ring (bicyclic) bond motifs is 2. The van der Waals surface area contributed by atoms with Crippen molar-refractivity contribution in [2.45, 2.75) is 6.42 Å². The lowest BCUT2D eigenvalue weighted by atomic mass is 9.81. The van der Waals surface area contributed by atoms with Gasteiger partial charge in [-0.1, -0.05) is 12.1 Å². The van der Waals surface area contributed by atoms with Gasteiger partial charge in [0.05, 0.1) is 6.42 Å². The highest BCUT2D eigenvalue weighted by Crippen LogP contribution is 2.43. The number of carboxylic acid groups (broad SMARTS) is 1. The minimum absolute atomic E-state index is 0.0411. The van der Waals surface area contributed by atoms with Crippen LogP contribution in [-0.2, 0) is 16.0 Å². The van der Waals surface area contributed by atoms with E-state index >= 15 is 0 Å². The van der Waals surface area contributed by atoms with E-state index in [0.717, 1.165) is 5.56 Å². The van der Waals surface area contributed by atoms with Crippen molar-refractivity contribution < 1.29 is 24.2 Å². The van der Waals surface area contributed by atoms with Crippen molar-refractivity contribution in [2.24, 2.45) is 11.3 Å². The van der Waals surface area contributed by atoms with Crippen LogP contribution in [0.1, 0.15) is 5.56 Å². The smallest absolute Gasteiger partial charge is 0.313 e. The molecule has 2 atom stereocenters. The maximum Gasteiger partial charge on any atom is 0.313 e. The second-order valence-corrected chi connectivity index (χ2v) is 7.28. The van der Waals surface area contributed by atoms with Crippen molar-refractivity contribution in [2.75, 3.05) is 39.5 Å². The standard InChI is InChI=1S/C19H22N2O5/c1-2-5-20-8-14-9-21(11-19(14,10-20)18(23)24)17(22)7-13-3-4-15-16(6-13)26-12-25-15/h2-4,6,14H,1,5,7-12H2,(H,23,24)/t14-,19-/m1/s1. The summed E-state index contributed by atoms with van der Waals surface area (Å²) in [6.45, 7) is 6.51. The maximum atomic E-state index is 12.7. The quantitative estimate of drug-likeness (QED) is 0.791. The number of carbonyl (C=O) groups is 2. The number of amides is 1. The molecule has 0 unspecified atom stereocenters. The summed E-state index contributed by atoms with van der Waals surface area (Å²) in [7, 11) is 0. The molecule has 1 aromatic rings. The molecule has 1 N–H and O–H groups in total. The fourth-order valence-electron chi connectivity index (χ4n) is 4.32. The van der Waals surface area contributed by atoms with Gasteiger partial charge in [-0.05, 0) is 17.7 Å².